The molecule has 0 amide bonds. The Hall–Kier alpha value is -2.44. The molecule has 0 aliphatic carbocycles. The van der Waals surface area contributed by atoms with Crippen molar-refractivity contribution in [3.63, 3.8) is 0 Å². The summed E-state index contributed by atoms with van der Waals surface area (Å²) >= 11 is 3.19. The fourth-order valence-corrected chi connectivity index (χ4v) is 3.80. The molecule has 116 valence electrons. The van der Waals surface area contributed by atoms with Crippen LogP contribution in [0.4, 0.5) is 0 Å². The first-order valence-electron chi connectivity index (χ1n) is 6.74. The molecule has 23 heavy (non-hydrogen) atoms. The summed E-state index contributed by atoms with van der Waals surface area (Å²) < 4.78 is 4.85. The van der Waals surface area contributed by atoms with Crippen LogP contribution >= 0.6 is 22.7 Å². The number of aryl methyl sites for hydroxylation is 1. The first kappa shape index (κ1) is 15.5. The van der Waals surface area contributed by atoms with Gasteiger partial charge in [0.1, 0.15) is 17.1 Å². The molecule has 0 spiro atoms. The van der Waals surface area contributed by atoms with Crippen molar-refractivity contribution < 1.29 is 14.3 Å². The Morgan fingerprint density at radius 3 is 2.78 bits per heavy atom. The van der Waals surface area contributed by atoms with E-state index >= 15 is 0 Å². The molecule has 1 N–H and O–H groups in total. The third kappa shape index (κ3) is 3.33. The lowest BCUT2D eigenvalue weighted by molar-refractivity contribution is 0.104. The minimum absolute atomic E-state index is 0.256. The molecule has 0 saturated heterocycles. The molecule has 0 aliphatic rings. The molecule has 0 aromatic carbocycles. The Morgan fingerprint density at radius 1 is 1.26 bits per heavy atom. The average Bonchev–Trinajstić information content (AvgIpc) is 3.15. The number of thiophene rings is 2. The van der Waals surface area contributed by atoms with Crippen molar-refractivity contribution in [2.75, 3.05) is 0 Å². The van der Waals surface area contributed by atoms with Crippen LogP contribution in [-0.2, 0) is 0 Å². The topological polar surface area (TPSA) is 67.5 Å². The van der Waals surface area contributed by atoms with Gasteiger partial charge in [0.15, 0.2) is 5.78 Å². The zero-order chi connectivity index (χ0) is 16.4. The number of carbonyl (C=O) groups excluding carboxylic acids is 1. The molecule has 3 aromatic heterocycles. The quantitative estimate of drug-likeness (QED) is 0.565. The fourth-order valence-electron chi connectivity index (χ4n) is 2.06. The molecule has 0 atom stereocenters. The highest BCUT2D eigenvalue weighted by Gasteiger charge is 2.16. The predicted molar refractivity (Wildman–Crippen MR) is 92.4 cm³/mol. The standard InChI is InChI=1S/C17H12O4S2/c1-10-9-13(19)16(17(20)21-10)12(18)6-4-11-5-7-15(23-11)14-3-2-8-22-14/h2-9,19H,1H3/b6-4+. The summed E-state index contributed by atoms with van der Waals surface area (Å²) in [7, 11) is 0. The van der Waals surface area contributed by atoms with E-state index in [1.54, 1.807) is 28.7 Å². The van der Waals surface area contributed by atoms with Gasteiger partial charge in [0, 0.05) is 20.7 Å². The van der Waals surface area contributed by atoms with Gasteiger partial charge in [-0.2, -0.15) is 0 Å². The number of allylic oxidation sites excluding steroid dienone is 1. The van der Waals surface area contributed by atoms with E-state index in [-0.39, 0.29) is 17.1 Å². The zero-order valence-electron chi connectivity index (χ0n) is 12.1. The lowest BCUT2D eigenvalue weighted by Gasteiger charge is -1.99. The van der Waals surface area contributed by atoms with Gasteiger partial charge in [-0.05, 0) is 42.7 Å². The SMILES string of the molecule is Cc1cc(O)c(C(=O)/C=C/c2ccc(-c3cccs3)s2)c(=O)o1. The Morgan fingerprint density at radius 2 is 2.09 bits per heavy atom. The van der Waals surface area contributed by atoms with E-state index in [1.165, 1.54) is 19.1 Å². The second-order valence-electron chi connectivity index (χ2n) is 4.78. The van der Waals surface area contributed by atoms with Crippen LogP contribution in [0.2, 0.25) is 0 Å². The molecular formula is C17H12O4S2. The van der Waals surface area contributed by atoms with Crippen LogP contribution < -0.4 is 5.63 Å². The normalized spacial score (nSPS) is 11.2. The average molecular weight is 344 g/mol. The highest BCUT2D eigenvalue weighted by molar-refractivity contribution is 7.21. The number of carbonyl (C=O) groups is 1. The molecular weight excluding hydrogens is 332 g/mol. The van der Waals surface area contributed by atoms with Gasteiger partial charge in [-0.3, -0.25) is 4.79 Å². The zero-order valence-corrected chi connectivity index (χ0v) is 13.7. The molecule has 3 aromatic rings. The van der Waals surface area contributed by atoms with Crippen molar-refractivity contribution in [2.45, 2.75) is 6.92 Å². The van der Waals surface area contributed by atoms with Crippen LogP contribution in [0.3, 0.4) is 0 Å². The second kappa shape index (κ2) is 6.36. The van der Waals surface area contributed by atoms with Crippen molar-refractivity contribution in [2.24, 2.45) is 0 Å². The fraction of sp³-hybridized carbons (Fsp3) is 0.0588. The molecule has 4 nitrogen and oxygen atoms in total. The maximum absolute atomic E-state index is 12.1. The highest BCUT2D eigenvalue weighted by atomic mass is 32.1. The third-order valence-electron chi connectivity index (χ3n) is 3.09. The van der Waals surface area contributed by atoms with E-state index in [1.807, 2.05) is 29.6 Å². The van der Waals surface area contributed by atoms with Crippen LogP contribution in [0.1, 0.15) is 21.0 Å². The van der Waals surface area contributed by atoms with Gasteiger partial charge in [-0.1, -0.05) is 6.07 Å². The van der Waals surface area contributed by atoms with E-state index in [4.69, 9.17) is 4.42 Å². The van der Waals surface area contributed by atoms with Crippen molar-refractivity contribution in [1.82, 2.24) is 0 Å². The van der Waals surface area contributed by atoms with Crippen molar-refractivity contribution in [1.29, 1.82) is 0 Å². The Kier molecular flexibility index (Phi) is 4.27. The van der Waals surface area contributed by atoms with Gasteiger partial charge >= 0.3 is 5.63 Å². The van der Waals surface area contributed by atoms with E-state index in [0.29, 0.717) is 0 Å². The summed E-state index contributed by atoms with van der Waals surface area (Å²) in [6.45, 7) is 1.53. The minimum atomic E-state index is -0.831. The van der Waals surface area contributed by atoms with Gasteiger partial charge < -0.3 is 9.52 Å². The van der Waals surface area contributed by atoms with Gasteiger partial charge in [0.05, 0.1) is 0 Å². The van der Waals surface area contributed by atoms with Crippen molar-refractivity contribution in [3.05, 3.63) is 68.4 Å². The lowest BCUT2D eigenvalue weighted by Crippen LogP contribution is -2.12. The number of hydrogen-bond acceptors (Lipinski definition) is 6. The molecule has 0 fully saturated rings. The Balaban J connectivity index is 1.83. The highest BCUT2D eigenvalue weighted by Crippen LogP contribution is 2.32. The number of rotatable bonds is 4. The van der Waals surface area contributed by atoms with Gasteiger partial charge in [-0.15, -0.1) is 22.7 Å². The molecule has 0 aliphatic heterocycles. The third-order valence-corrected chi connectivity index (χ3v) is 5.21. The predicted octanol–water partition coefficient (Wildman–Crippen LogP) is 4.34. The monoisotopic (exact) mass is 344 g/mol. The van der Waals surface area contributed by atoms with Crippen LogP contribution in [0.15, 0.2) is 51.0 Å². The van der Waals surface area contributed by atoms with Crippen LogP contribution in [0, 0.1) is 6.92 Å². The molecule has 3 heterocycles. The number of hydrogen-bond donors (Lipinski definition) is 1. The second-order valence-corrected chi connectivity index (χ2v) is 6.84. The molecule has 0 saturated carbocycles. The summed E-state index contributed by atoms with van der Waals surface area (Å²) in [5, 5.41) is 11.8. The van der Waals surface area contributed by atoms with Crippen LogP contribution in [0.25, 0.3) is 15.8 Å². The number of ketones is 1. The van der Waals surface area contributed by atoms with E-state index < -0.39 is 11.4 Å². The van der Waals surface area contributed by atoms with Crippen LogP contribution in [-0.4, -0.2) is 10.9 Å². The van der Waals surface area contributed by atoms with Crippen molar-refractivity contribution in [3.8, 4) is 15.5 Å². The Bertz CT molecular complexity index is 930. The molecule has 6 heteroatoms. The molecule has 3 rings (SSSR count). The van der Waals surface area contributed by atoms with Gasteiger partial charge in [-0.25, -0.2) is 4.79 Å². The molecule has 0 unspecified atom stereocenters. The molecule has 0 radical (unpaired) electrons. The van der Waals surface area contributed by atoms with Gasteiger partial charge in [0.2, 0.25) is 0 Å². The summed E-state index contributed by atoms with van der Waals surface area (Å²) in [6.07, 6.45) is 2.90. The van der Waals surface area contributed by atoms with E-state index in [2.05, 4.69) is 0 Å². The summed E-state index contributed by atoms with van der Waals surface area (Å²) in [4.78, 5) is 27.0. The van der Waals surface area contributed by atoms with E-state index in [0.717, 1.165) is 14.6 Å². The summed E-state index contributed by atoms with van der Waals surface area (Å²) in [5.74, 6) is -0.687. The largest absolute Gasteiger partial charge is 0.507 e. The summed E-state index contributed by atoms with van der Waals surface area (Å²) in [5.41, 5.74) is -1.18. The first-order chi connectivity index (χ1) is 11.0. The minimum Gasteiger partial charge on any atom is -0.507 e. The maximum Gasteiger partial charge on any atom is 0.351 e. The van der Waals surface area contributed by atoms with E-state index in [9.17, 15) is 14.7 Å². The first-order valence-corrected chi connectivity index (χ1v) is 8.44. The Labute approximate surface area is 140 Å². The smallest absolute Gasteiger partial charge is 0.351 e. The summed E-state index contributed by atoms with van der Waals surface area (Å²) in [6, 6.07) is 9.16. The van der Waals surface area contributed by atoms with Crippen LogP contribution in [0.5, 0.6) is 5.75 Å². The number of aromatic hydroxyl groups is 1. The molecule has 0 bridgehead atoms. The maximum atomic E-state index is 12.1. The van der Waals surface area contributed by atoms with Crippen molar-refractivity contribution >= 4 is 34.5 Å². The lowest BCUT2D eigenvalue weighted by atomic mass is 10.1. The van der Waals surface area contributed by atoms with Gasteiger partial charge in [0.25, 0.3) is 0 Å².